The SMILES string of the molecule is CN(C)CCOc1ccc(-c2nc(C(N)CCCCNC(=O)OC(C)(C)C)cs2)cc1. The fourth-order valence-corrected chi connectivity index (χ4v) is 3.66. The predicted molar refractivity (Wildman–Crippen MR) is 127 cm³/mol. The van der Waals surface area contributed by atoms with Crippen molar-refractivity contribution < 1.29 is 14.3 Å². The van der Waals surface area contributed by atoms with E-state index in [2.05, 4.69) is 10.2 Å². The third-order valence-corrected chi connectivity index (χ3v) is 5.33. The first-order valence-electron chi connectivity index (χ1n) is 10.7. The van der Waals surface area contributed by atoms with Crippen LogP contribution < -0.4 is 15.8 Å². The average molecular weight is 449 g/mol. The van der Waals surface area contributed by atoms with Gasteiger partial charge in [-0.3, -0.25) is 0 Å². The number of hydrogen-bond donors (Lipinski definition) is 2. The van der Waals surface area contributed by atoms with Crippen molar-refractivity contribution in [2.75, 3.05) is 33.8 Å². The minimum atomic E-state index is -0.478. The van der Waals surface area contributed by atoms with Crippen LogP contribution in [0.1, 0.15) is 51.8 Å². The summed E-state index contributed by atoms with van der Waals surface area (Å²) in [6.45, 7) is 7.67. The summed E-state index contributed by atoms with van der Waals surface area (Å²) in [5, 5.41) is 5.76. The second kappa shape index (κ2) is 12.0. The highest BCUT2D eigenvalue weighted by Gasteiger charge is 2.16. The summed E-state index contributed by atoms with van der Waals surface area (Å²) in [5.74, 6) is 0.860. The third-order valence-electron chi connectivity index (χ3n) is 4.42. The number of amides is 1. The van der Waals surface area contributed by atoms with Crippen molar-refractivity contribution in [2.45, 2.75) is 51.7 Å². The second-order valence-corrected chi connectivity index (χ2v) is 9.64. The third kappa shape index (κ3) is 9.67. The molecule has 0 fully saturated rings. The van der Waals surface area contributed by atoms with Crippen molar-refractivity contribution in [3.63, 3.8) is 0 Å². The molecule has 0 aliphatic carbocycles. The van der Waals surface area contributed by atoms with Crippen molar-refractivity contribution in [1.29, 1.82) is 0 Å². The van der Waals surface area contributed by atoms with Gasteiger partial charge in [-0.1, -0.05) is 0 Å². The monoisotopic (exact) mass is 448 g/mol. The Bertz CT molecular complexity index is 800. The minimum Gasteiger partial charge on any atom is -0.492 e. The molecule has 1 atom stereocenters. The van der Waals surface area contributed by atoms with E-state index in [1.165, 1.54) is 0 Å². The van der Waals surface area contributed by atoms with Crippen LogP contribution >= 0.6 is 11.3 Å². The highest BCUT2D eigenvalue weighted by molar-refractivity contribution is 7.13. The van der Waals surface area contributed by atoms with E-state index < -0.39 is 5.60 Å². The highest BCUT2D eigenvalue weighted by Crippen LogP contribution is 2.28. The zero-order valence-corrected chi connectivity index (χ0v) is 20.1. The van der Waals surface area contributed by atoms with E-state index in [1.807, 2.05) is 64.5 Å². The van der Waals surface area contributed by atoms with Gasteiger partial charge in [0.25, 0.3) is 0 Å². The maximum Gasteiger partial charge on any atom is 0.407 e. The fraction of sp³-hybridized carbons (Fsp3) is 0.565. The molecule has 0 saturated carbocycles. The maximum absolute atomic E-state index is 11.6. The molecule has 1 heterocycles. The summed E-state index contributed by atoms with van der Waals surface area (Å²) >= 11 is 1.60. The van der Waals surface area contributed by atoms with E-state index in [0.717, 1.165) is 47.8 Å². The molecule has 0 saturated heterocycles. The van der Waals surface area contributed by atoms with Gasteiger partial charge in [-0.25, -0.2) is 9.78 Å². The van der Waals surface area contributed by atoms with Gasteiger partial charge in [-0.2, -0.15) is 0 Å². The van der Waals surface area contributed by atoms with E-state index >= 15 is 0 Å². The Morgan fingerprint density at radius 3 is 2.58 bits per heavy atom. The molecule has 1 amide bonds. The molecule has 1 unspecified atom stereocenters. The molecule has 0 aliphatic rings. The molecule has 8 heteroatoms. The van der Waals surface area contributed by atoms with Gasteiger partial charge in [-0.15, -0.1) is 11.3 Å². The van der Waals surface area contributed by atoms with Gasteiger partial charge in [0.05, 0.1) is 5.69 Å². The van der Waals surface area contributed by atoms with Gasteiger partial charge >= 0.3 is 6.09 Å². The lowest BCUT2D eigenvalue weighted by molar-refractivity contribution is 0.0527. The maximum atomic E-state index is 11.6. The molecule has 0 radical (unpaired) electrons. The fourth-order valence-electron chi connectivity index (χ4n) is 2.77. The number of aromatic nitrogens is 1. The lowest BCUT2D eigenvalue weighted by atomic mass is 10.1. The minimum absolute atomic E-state index is 0.111. The van der Waals surface area contributed by atoms with Gasteiger partial charge in [0.1, 0.15) is 23.0 Å². The van der Waals surface area contributed by atoms with Gasteiger partial charge in [0.15, 0.2) is 0 Å². The number of benzene rings is 1. The number of ether oxygens (including phenoxy) is 2. The van der Waals surface area contributed by atoms with E-state index in [4.69, 9.17) is 20.2 Å². The molecule has 1 aromatic carbocycles. The van der Waals surface area contributed by atoms with E-state index in [1.54, 1.807) is 11.3 Å². The van der Waals surface area contributed by atoms with Crippen LogP contribution in [0.25, 0.3) is 10.6 Å². The van der Waals surface area contributed by atoms with Crippen LogP contribution in [0.3, 0.4) is 0 Å². The van der Waals surface area contributed by atoms with Crippen LogP contribution in [0.4, 0.5) is 4.79 Å². The number of thiazole rings is 1. The number of rotatable bonds is 11. The second-order valence-electron chi connectivity index (χ2n) is 8.78. The summed E-state index contributed by atoms with van der Waals surface area (Å²) in [4.78, 5) is 18.4. The summed E-state index contributed by atoms with van der Waals surface area (Å²) in [5.41, 5.74) is 7.81. The molecule has 1 aromatic heterocycles. The number of likely N-dealkylation sites (N-methyl/N-ethyl adjacent to an activating group) is 1. The van der Waals surface area contributed by atoms with Gasteiger partial charge in [0, 0.05) is 30.1 Å². The number of hydrogen-bond acceptors (Lipinski definition) is 7. The van der Waals surface area contributed by atoms with Crippen molar-refractivity contribution in [2.24, 2.45) is 5.73 Å². The normalized spacial score (nSPS) is 12.6. The lowest BCUT2D eigenvalue weighted by Gasteiger charge is -2.19. The van der Waals surface area contributed by atoms with Crippen LogP contribution in [0.15, 0.2) is 29.6 Å². The van der Waals surface area contributed by atoms with Crippen molar-refractivity contribution in [3.8, 4) is 16.3 Å². The average Bonchev–Trinajstić information content (AvgIpc) is 3.17. The Hall–Kier alpha value is -2.16. The Morgan fingerprint density at radius 2 is 1.94 bits per heavy atom. The number of nitrogens with two attached hydrogens (primary N) is 1. The first-order chi connectivity index (χ1) is 14.6. The molecule has 0 bridgehead atoms. The largest absolute Gasteiger partial charge is 0.492 e. The Balaban J connectivity index is 1.74. The number of nitrogens with zero attached hydrogens (tertiary/aromatic N) is 2. The summed E-state index contributed by atoms with van der Waals surface area (Å²) in [6, 6.07) is 7.90. The van der Waals surface area contributed by atoms with E-state index in [-0.39, 0.29) is 12.1 Å². The van der Waals surface area contributed by atoms with Crippen molar-refractivity contribution in [3.05, 3.63) is 35.3 Å². The standard InChI is InChI=1S/C23H36N4O3S/c1-23(2,3)30-22(28)25-13-7-6-8-19(24)20-16-31-21(26-20)17-9-11-18(12-10-17)29-15-14-27(4)5/h9-12,16,19H,6-8,13-15,24H2,1-5H3,(H,25,28). The molecule has 7 nitrogen and oxygen atoms in total. The molecule has 2 rings (SSSR count). The van der Waals surface area contributed by atoms with Crippen LogP contribution in [0, 0.1) is 0 Å². The highest BCUT2D eigenvalue weighted by atomic mass is 32.1. The Morgan fingerprint density at radius 1 is 1.23 bits per heavy atom. The number of nitrogens with one attached hydrogen (secondary N) is 1. The quantitative estimate of drug-likeness (QED) is 0.494. The number of alkyl carbamates (subject to hydrolysis) is 1. The molecular weight excluding hydrogens is 412 g/mol. The van der Waals surface area contributed by atoms with Crippen molar-refractivity contribution in [1.82, 2.24) is 15.2 Å². The first-order valence-corrected chi connectivity index (χ1v) is 11.6. The molecule has 172 valence electrons. The van der Waals surface area contributed by atoms with Gasteiger partial charge < -0.3 is 25.4 Å². The first kappa shape index (κ1) is 25.1. The summed E-state index contributed by atoms with van der Waals surface area (Å²) in [6.07, 6.45) is 2.19. The van der Waals surface area contributed by atoms with E-state index in [9.17, 15) is 4.79 Å². The summed E-state index contributed by atoms with van der Waals surface area (Å²) < 4.78 is 11.0. The Labute approximate surface area is 189 Å². The molecule has 0 aliphatic heterocycles. The molecule has 31 heavy (non-hydrogen) atoms. The molecule has 0 spiro atoms. The van der Waals surface area contributed by atoms with Crippen molar-refractivity contribution >= 4 is 17.4 Å². The molecule has 2 aromatic rings. The lowest BCUT2D eigenvalue weighted by Crippen LogP contribution is -2.33. The number of carbonyl (C=O) groups is 1. The zero-order valence-electron chi connectivity index (χ0n) is 19.3. The predicted octanol–water partition coefficient (Wildman–Crippen LogP) is 4.45. The smallest absolute Gasteiger partial charge is 0.407 e. The Kier molecular flexibility index (Phi) is 9.74. The zero-order chi connectivity index (χ0) is 22.9. The van der Waals surface area contributed by atoms with Crippen LogP contribution in [-0.4, -0.2) is 55.4 Å². The van der Waals surface area contributed by atoms with Crippen LogP contribution in [0.2, 0.25) is 0 Å². The topological polar surface area (TPSA) is 89.7 Å². The van der Waals surface area contributed by atoms with Gasteiger partial charge in [0.2, 0.25) is 0 Å². The molecular formula is C23H36N4O3S. The van der Waals surface area contributed by atoms with Crippen LogP contribution in [-0.2, 0) is 4.74 Å². The molecule has 3 N–H and O–H groups in total. The number of carbonyl (C=O) groups excluding carboxylic acids is 1. The van der Waals surface area contributed by atoms with Gasteiger partial charge in [-0.05, 0) is 78.4 Å². The summed E-state index contributed by atoms with van der Waals surface area (Å²) in [7, 11) is 4.05. The number of unbranched alkanes of at least 4 members (excludes halogenated alkanes) is 1. The van der Waals surface area contributed by atoms with Crippen LogP contribution in [0.5, 0.6) is 5.75 Å². The van der Waals surface area contributed by atoms with E-state index in [0.29, 0.717) is 13.2 Å².